The zero-order chi connectivity index (χ0) is 12.2. The molecule has 88 valence electrons. The van der Waals surface area contributed by atoms with Crippen LogP contribution < -0.4 is 5.32 Å². The lowest BCUT2D eigenvalue weighted by atomic mass is 10.0. The van der Waals surface area contributed by atoms with Gasteiger partial charge in [0.15, 0.2) is 0 Å². The molecule has 1 aromatic carbocycles. The standard InChI is InChI=1S/C12H16BrNO2/c1-12(2,16-3)8-11(15)14-10-7-5-4-6-9(10)13/h4-7H,8H2,1-3H3,(H,14,15). The first-order valence-corrected chi connectivity index (χ1v) is 5.83. The molecule has 0 fully saturated rings. The topological polar surface area (TPSA) is 38.3 Å². The van der Waals surface area contributed by atoms with Gasteiger partial charge >= 0.3 is 0 Å². The number of methoxy groups -OCH3 is 1. The summed E-state index contributed by atoms with van der Waals surface area (Å²) in [5, 5.41) is 2.83. The van der Waals surface area contributed by atoms with Gasteiger partial charge in [0.1, 0.15) is 0 Å². The second-order valence-electron chi connectivity index (χ2n) is 4.17. The predicted octanol–water partition coefficient (Wildman–Crippen LogP) is 3.20. The largest absolute Gasteiger partial charge is 0.378 e. The van der Waals surface area contributed by atoms with E-state index < -0.39 is 5.60 Å². The molecular formula is C12H16BrNO2. The molecule has 0 spiro atoms. The molecule has 1 rings (SSSR count). The van der Waals surface area contributed by atoms with Crippen molar-refractivity contribution in [1.82, 2.24) is 0 Å². The minimum atomic E-state index is -0.439. The van der Waals surface area contributed by atoms with Crippen LogP contribution in [0.1, 0.15) is 20.3 Å². The third kappa shape index (κ3) is 3.94. The van der Waals surface area contributed by atoms with E-state index in [4.69, 9.17) is 4.74 Å². The number of benzene rings is 1. The summed E-state index contributed by atoms with van der Waals surface area (Å²) >= 11 is 3.38. The Kier molecular flexibility index (Phi) is 4.50. The Morgan fingerprint density at radius 1 is 1.44 bits per heavy atom. The highest BCUT2D eigenvalue weighted by molar-refractivity contribution is 9.10. The van der Waals surface area contributed by atoms with Crippen LogP contribution in [-0.2, 0) is 9.53 Å². The summed E-state index contributed by atoms with van der Waals surface area (Å²) in [5.41, 5.74) is 0.338. The fourth-order valence-electron chi connectivity index (χ4n) is 1.22. The number of ether oxygens (including phenoxy) is 1. The molecule has 0 bridgehead atoms. The highest BCUT2D eigenvalue weighted by atomic mass is 79.9. The Hall–Kier alpha value is -0.870. The summed E-state index contributed by atoms with van der Waals surface area (Å²) in [6, 6.07) is 7.51. The molecule has 0 unspecified atom stereocenters. The fourth-order valence-corrected chi connectivity index (χ4v) is 1.60. The highest BCUT2D eigenvalue weighted by Crippen LogP contribution is 2.22. The van der Waals surface area contributed by atoms with Crippen molar-refractivity contribution in [1.29, 1.82) is 0 Å². The number of anilines is 1. The SMILES string of the molecule is COC(C)(C)CC(=O)Nc1ccccc1Br. The Labute approximate surface area is 104 Å². The third-order valence-corrected chi connectivity index (χ3v) is 2.98. The summed E-state index contributed by atoms with van der Waals surface area (Å²) in [4.78, 5) is 11.7. The van der Waals surface area contributed by atoms with Crippen LogP contribution in [-0.4, -0.2) is 18.6 Å². The van der Waals surface area contributed by atoms with E-state index in [-0.39, 0.29) is 5.91 Å². The molecule has 0 aliphatic carbocycles. The van der Waals surface area contributed by atoms with Gasteiger partial charge < -0.3 is 10.1 Å². The number of amides is 1. The smallest absolute Gasteiger partial charge is 0.227 e. The minimum absolute atomic E-state index is 0.0567. The summed E-state index contributed by atoms with van der Waals surface area (Å²) in [7, 11) is 1.60. The molecule has 4 heteroatoms. The number of hydrogen-bond donors (Lipinski definition) is 1. The number of halogens is 1. The Morgan fingerprint density at radius 2 is 2.06 bits per heavy atom. The number of rotatable bonds is 4. The van der Waals surface area contributed by atoms with E-state index >= 15 is 0 Å². The molecule has 0 radical (unpaired) electrons. The van der Waals surface area contributed by atoms with Gasteiger partial charge in [0.2, 0.25) is 5.91 Å². The van der Waals surface area contributed by atoms with Crippen molar-refractivity contribution in [3.8, 4) is 0 Å². The van der Waals surface area contributed by atoms with Crippen LogP contribution >= 0.6 is 15.9 Å². The van der Waals surface area contributed by atoms with Gasteiger partial charge in [-0.3, -0.25) is 4.79 Å². The van der Waals surface area contributed by atoms with Crippen molar-refractivity contribution in [3.05, 3.63) is 28.7 Å². The van der Waals surface area contributed by atoms with Gasteiger partial charge in [-0.15, -0.1) is 0 Å². The molecule has 0 heterocycles. The van der Waals surface area contributed by atoms with E-state index in [2.05, 4.69) is 21.2 Å². The lowest BCUT2D eigenvalue weighted by molar-refractivity contribution is -0.121. The van der Waals surface area contributed by atoms with Crippen LogP contribution in [0.25, 0.3) is 0 Å². The summed E-state index contributed by atoms with van der Waals surface area (Å²) < 4.78 is 6.08. The van der Waals surface area contributed by atoms with E-state index in [1.165, 1.54) is 0 Å². The number of hydrogen-bond acceptors (Lipinski definition) is 2. The summed E-state index contributed by atoms with van der Waals surface area (Å²) in [5.74, 6) is -0.0567. The van der Waals surface area contributed by atoms with Crippen LogP contribution in [0.15, 0.2) is 28.7 Å². The van der Waals surface area contributed by atoms with Crippen molar-refractivity contribution in [3.63, 3.8) is 0 Å². The number of carbonyl (C=O) groups excluding carboxylic acids is 1. The van der Waals surface area contributed by atoms with Gasteiger partial charge in [-0.25, -0.2) is 0 Å². The summed E-state index contributed by atoms with van der Waals surface area (Å²) in [6.07, 6.45) is 0.324. The van der Waals surface area contributed by atoms with Crippen molar-refractivity contribution in [2.75, 3.05) is 12.4 Å². The maximum Gasteiger partial charge on any atom is 0.227 e. The molecule has 1 amide bonds. The Bertz CT molecular complexity index is 377. The Morgan fingerprint density at radius 3 is 2.62 bits per heavy atom. The van der Waals surface area contributed by atoms with Crippen molar-refractivity contribution >= 4 is 27.5 Å². The van der Waals surface area contributed by atoms with Gasteiger partial charge in [0, 0.05) is 11.6 Å². The van der Waals surface area contributed by atoms with Gasteiger partial charge in [0.25, 0.3) is 0 Å². The molecule has 0 aliphatic rings. The molecule has 0 atom stereocenters. The lowest BCUT2D eigenvalue weighted by Gasteiger charge is -2.22. The first kappa shape index (κ1) is 13.2. The van der Waals surface area contributed by atoms with E-state index in [0.29, 0.717) is 6.42 Å². The average Bonchev–Trinajstić information content (AvgIpc) is 2.21. The molecule has 1 aromatic rings. The fraction of sp³-hybridized carbons (Fsp3) is 0.417. The summed E-state index contributed by atoms with van der Waals surface area (Å²) in [6.45, 7) is 3.76. The van der Waals surface area contributed by atoms with E-state index in [1.54, 1.807) is 7.11 Å². The number of nitrogens with one attached hydrogen (secondary N) is 1. The molecule has 0 aromatic heterocycles. The maximum absolute atomic E-state index is 11.7. The van der Waals surface area contributed by atoms with Gasteiger partial charge in [-0.2, -0.15) is 0 Å². The zero-order valence-corrected chi connectivity index (χ0v) is 11.3. The average molecular weight is 286 g/mol. The number of carbonyl (C=O) groups is 1. The molecule has 16 heavy (non-hydrogen) atoms. The molecule has 0 saturated carbocycles. The normalized spacial score (nSPS) is 11.2. The van der Waals surface area contributed by atoms with E-state index in [9.17, 15) is 4.79 Å². The quantitative estimate of drug-likeness (QED) is 0.923. The Balaban J connectivity index is 2.62. The monoisotopic (exact) mass is 285 g/mol. The van der Waals surface area contributed by atoms with Crippen molar-refractivity contribution in [2.24, 2.45) is 0 Å². The van der Waals surface area contributed by atoms with E-state index in [1.807, 2.05) is 38.1 Å². The van der Waals surface area contributed by atoms with Crippen molar-refractivity contribution in [2.45, 2.75) is 25.9 Å². The first-order chi connectivity index (χ1) is 7.44. The van der Waals surface area contributed by atoms with Crippen LogP contribution in [0.4, 0.5) is 5.69 Å². The van der Waals surface area contributed by atoms with Gasteiger partial charge in [0.05, 0.1) is 17.7 Å². The van der Waals surface area contributed by atoms with E-state index in [0.717, 1.165) is 10.2 Å². The van der Waals surface area contributed by atoms with Gasteiger partial charge in [-0.1, -0.05) is 12.1 Å². The van der Waals surface area contributed by atoms with Crippen LogP contribution in [0, 0.1) is 0 Å². The number of para-hydroxylation sites is 1. The maximum atomic E-state index is 11.7. The predicted molar refractivity (Wildman–Crippen MR) is 68.5 cm³/mol. The molecule has 0 aliphatic heterocycles. The molecule has 3 nitrogen and oxygen atoms in total. The second-order valence-corrected chi connectivity index (χ2v) is 5.02. The zero-order valence-electron chi connectivity index (χ0n) is 9.71. The van der Waals surface area contributed by atoms with Crippen molar-refractivity contribution < 1.29 is 9.53 Å². The van der Waals surface area contributed by atoms with Crippen LogP contribution in [0.5, 0.6) is 0 Å². The first-order valence-electron chi connectivity index (χ1n) is 5.04. The molecule has 0 saturated heterocycles. The second kappa shape index (κ2) is 5.46. The lowest BCUT2D eigenvalue weighted by Crippen LogP contribution is -2.29. The van der Waals surface area contributed by atoms with Crippen LogP contribution in [0.3, 0.4) is 0 Å². The third-order valence-electron chi connectivity index (χ3n) is 2.29. The van der Waals surface area contributed by atoms with Crippen LogP contribution in [0.2, 0.25) is 0 Å². The van der Waals surface area contributed by atoms with Gasteiger partial charge in [-0.05, 0) is 41.9 Å². The minimum Gasteiger partial charge on any atom is -0.378 e. The molecular weight excluding hydrogens is 270 g/mol. The highest BCUT2D eigenvalue weighted by Gasteiger charge is 2.21. The molecule has 1 N–H and O–H groups in total.